The molecule has 0 amide bonds. The van der Waals surface area contributed by atoms with E-state index in [9.17, 15) is 9.50 Å². The molecular formula is C12H11FOS. The van der Waals surface area contributed by atoms with Crippen molar-refractivity contribution in [3.8, 4) is 0 Å². The first kappa shape index (κ1) is 10.3. The maximum Gasteiger partial charge on any atom is 0.123 e. The number of hydrogen-bond acceptors (Lipinski definition) is 2. The molecule has 0 fully saturated rings. The number of benzene rings is 1. The highest BCUT2D eigenvalue weighted by molar-refractivity contribution is 7.10. The lowest BCUT2D eigenvalue weighted by Crippen LogP contribution is -2.00. The van der Waals surface area contributed by atoms with E-state index in [1.807, 2.05) is 17.5 Å². The summed E-state index contributed by atoms with van der Waals surface area (Å²) in [4.78, 5) is 0.879. The van der Waals surface area contributed by atoms with Crippen molar-refractivity contribution in [1.29, 1.82) is 0 Å². The molecule has 1 unspecified atom stereocenters. The molecule has 0 saturated heterocycles. The number of aryl methyl sites for hydroxylation is 1. The van der Waals surface area contributed by atoms with Gasteiger partial charge < -0.3 is 5.11 Å². The van der Waals surface area contributed by atoms with E-state index in [4.69, 9.17) is 0 Å². The van der Waals surface area contributed by atoms with Gasteiger partial charge in [-0.2, -0.15) is 0 Å². The van der Waals surface area contributed by atoms with E-state index in [0.29, 0.717) is 0 Å². The zero-order chi connectivity index (χ0) is 10.8. The first-order valence-corrected chi connectivity index (χ1v) is 5.54. The van der Waals surface area contributed by atoms with Crippen molar-refractivity contribution >= 4 is 11.3 Å². The fourth-order valence-electron chi connectivity index (χ4n) is 1.55. The molecular weight excluding hydrogens is 211 g/mol. The van der Waals surface area contributed by atoms with E-state index in [1.54, 1.807) is 13.0 Å². The van der Waals surface area contributed by atoms with Crippen LogP contribution in [0, 0.1) is 12.7 Å². The molecule has 1 aromatic carbocycles. The van der Waals surface area contributed by atoms with Gasteiger partial charge in [0.1, 0.15) is 11.9 Å². The Morgan fingerprint density at radius 3 is 2.73 bits per heavy atom. The molecule has 0 spiro atoms. The molecule has 3 heteroatoms. The average Bonchev–Trinajstić information content (AvgIpc) is 2.69. The Morgan fingerprint density at radius 2 is 2.13 bits per heavy atom. The molecule has 15 heavy (non-hydrogen) atoms. The van der Waals surface area contributed by atoms with E-state index in [-0.39, 0.29) is 5.82 Å². The number of halogens is 1. The fourth-order valence-corrected chi connectivity index (χ4v) is 2.27. The third-order valence-electron chi connectivity index (χ3n) is 2.34. The molecule has 1 nitrogen and oxygen atoms in total. The Kier molecular flexibility index (Phi) is 2.84. The largest absolute Gasteiger partial charge is 0.383 e. The first-order chi connectivity index (χ1) is 7.18. The molecule has 1 atom stereocenters. The van der Waals surface area contributed by atoms with E-state index < -0.39 is 6.10 Å². The van der Waals surface area contributed by atoms with Crippen molar-refractivity contribution in [3.63, 3.8) is 0 Å². The van der Waals surface area contributed by atoms with Crippen molar-refractivity contribution in [2.75, 3.05) is 0 Å². The van der Waals surface area contributed by atoms with Gasteiger partial charge in [-0.15, -0.1) is 11.3 Å². The molecule has 1 N–H and O–H groups in total. The second kappa shape index (κ2) is 4.13. The predicted octanol–water partition coefficient (Wildman–Crippen LogP) is 3.28. The van der Waals surface area contributed by atoms with E-state index in [2.05, 4.69) is 0 Å². The first-order valence-electron chi connectivity index (χ1n) is 4.66. The summed E-state index contributed by atoms with van der Waals surface area (Å²) in [6, 6.07) is 8.21. The van der Waals surface area contributed by atoms with Gasteiger partial charge in [0.15, 0.2) is 0 Å². The predicted molar refractivity (Wildman–Crippen MR) is 59.5 cm³/mol. The topological polar surface area (TPSA) is 20.2 Å². The van der Waals surface area contributed by atoms with Gasteiger partial charge in [-0.25, -0.2) is 4.39 Å². The van der Waals surface area contributed by atoms with Crippen molar-refractivity contribution in [1.82, 2.24) is 0 Å². The molecule has 2 aromatic rings. The van der Waals surface area contributed by atoms with Crippen LogP contribution >= 0.6 is 11.3 Å². The van der Waals surface area contributed by atoms with Crippen molar-refractivity contribution < 1.29 is 9.50 Å². The lowest BCUT2D eigenvalue weighted by Gasteiger charge is -2.11. The summed E-state index contributed by atoms with van der Waals surface area (Å²) in [6.07, 6.45) is -0.648. The molecule has 0 aliphatic carbocycles. The summed E-state index contributed by atoms with van der Waals surface area (Å²) in [5.74, 6) is -0.269. The Morgan fingerprint density at radius 1 is 1.33 bits per heavy atom. The van der Waals surface area contributed by atoms with Gasteiger partial charge in [0.25, 0.3) is 0 Å². The number of rotatable bonds is 2. The van der Waals surface area contributed by atoms with Gasteiger partial charge in [-0.1, -0.05) is 12.1 Å². The minimum atomic E-state index is -0.648. The summed E-state index contributed by atoms with van der Waals surface area (Å²) in [5, 5.41) is 12.0. The molecule has 0 bridgehead atoms. The lowest BCUT2D eigenvalue weighted by atomic mass is 10.0. The van der Waals surface area contributed by atoms with Crippen LogP contribution in [0.25, 0.3) is 0 Å². The molecule has 1 aromatic heterocycles. The van der Waals surface area contributed by atoms with Gasteiger partial charge in [0, 0.05) is 4.88 Å². The molecule has 2 rings (SSSR count). The van der Waals surface area contributed by atoms with Gasteiger partial charge in [0.05, 0.1) is 0 Å². The van der Waals surface area contributed by atoms with Crippen LogP contribution in [0.5, 0.6) is 0 Å². The van der Waals surface area contributed by atoms with Gasteiger partial charge in [-0.3, -0.25) is 0 Å². The van der Waals surface area contributed by atoms with Crippen LogP contribution in [-0.4, -0.2) is 5.11 Å². The molecule has 0 radical (unpaired) electrons. The van der Waals surface area contributed by atoms with Crippen LogP contribution in [0.15, 0.2) is 35.7 Å². The van der Waals surface area contributed by atoms with E-state index in [0.717, 1.165) is 16.0 Å². The molecule has 0 aliphatic heterocycles. The van der Waals surface area contributed by atoms with Gasteiger partial charge >= 0.3 is 0 Å². The highest BCUT2D eigenvalue weighted by Crippen LogP contribution is 2.28. The summed E-state index contributed by atoms with van der Waals surface area (Å²) in [5.41, 5.74) is 1.54. The zero-order valence-electron chi connectivity index (χ0n) is 8.27. The van der Waals surface area contributed by atoms with Crippen LogP contribution in [0.1, 0.15) is 22.1 Å². The van der Waals surface area contributed by atoms with Crippen LogP contribution < -0.4 is 0 Å². The Hall–Kier alpha value is -1.19. The summed E-state index contributed by atoms with van der Waals surface area (Å²) in [6.45, 7) is 1.80. The summed E-state index contributed by atoms with van der Waals surface area (Å²) < 4.78 is 12.9. The normalized spacial score (nSPS) is 12.7. The summed E-state index contributed by atoms with van der Waals surface area (Å²) in [7, 11) is 0. The van der Waals surface area contributed by atoms with Crippen molar-refractivity contribution in [3.05, 3.63) is 57.5 Å². The highest BCUT2D eigenvalue weighted by Gasteiger charge is 2.13. The maximum absolute atomic E-state index is 12.9. The quantitative estimate of drug-likeness (QED) is 0.826. The van der Waals surface area contributed by atoms with Gasteiger partial charge in [0.2, 0.25) is 0 Å². The summed E-state index contributed by atoms with van der Waals surface area (Å²) >= 11 is 1.50. The van der Waals surface area contributed by atoms with Crippen LogP contribution in [0.3, 0.4) is 0 Å². The third kappa shape index (κ3) is 2.08. The highest BCUT2D eigenvalue weighted by atomic mass is 32.1. The number of thiophene rings is 1. The monoisotopic (exact) mass is 222 g/mol. The second-order valence-corrected chi connectivity index (χ2v) is 4.40. The molecule has 1 heterocycles. The molecule has 0 aliphatic rings. The van der Waals surface area contributed by atoms with Crippen molar-refractivity contribution in [2.45, 2.75) is 13.0 Å². The van der Waals surface area contributed by atoms with Crippen LogP contribution in [0.4, 0.5) is 4.39 Å². The Balaban J connectivity index is 2.38. The Labute approximate surface area is 91.8 Å². The second-order valence-electron chi connectivity index (χ2n) is 3.42. The minimum absolute atomic E-state index is 0.269. The maximum atomic E-state index is 12.9. The standard InChI is InChI=1S/C12H11FOS/c1-8-7-9(13)4-5-10(8)12(14)11-3-2-6-15-11/h2-7,12,14H,1H3. The SMILES string of the molecule is Cc1cc(F)ccc1C(O)c1cccs1. The Bertz CT molecular complexity index is 451. The number of hydrogen-bond donors (Lipinski definition) is 1. The van der Waals surface area contributed by atoms with E-state index in [1.165, 1.54) is 23.5 Å². The van der Waals surface area contributed by atoms with Crippen LogP contribution in [-0.2, 0) is 0 Å². The number of aliphatic hydroxyl groups is 1. The molecule has 0 saturated carbocycles. The van der Waals surface area contributed by atoms with Crippen LogP contribution in [0.2, 0.25) is 0 Å². The zero-order valence-corrected chi connectivity index (χ0v) is 9.09. The lowest BCUT2D eigenvalue weighted by molar-refractivity contribution is 0.223. The fraction of sp³-hybridized carbons (Fsp3) is 0.167. The minimum Gasteiger partial charge on any atom is -0.383 e. The molecule has 78 valence electrons. The third-order valence-corrected chi connectivity index (χ3v) is 3.26. The average molecular weight is 222 g/mol. The van der Waals surface area contributed by atoms with E-state index >= 15 is 0 Å². The smallest absolute Gasteiger partial charge is 0.123 e. The van der Waals surface area contributed by atoms with Gasteiger partial charge in [-0.05, 0) is 41.6 Å². The number of aliphatic hydroxyl groups excluding tert-OH is 1. The van der Waals surface area contributed by atoms with Crippen molar-refractivity contribution in [2.24, 2.45) is 0 Å².